The lowest BCUT2D eigenvalue weighted by Crippen LogP contribution is -2.12. The van der Waals surface area contributed by atoms with Crippen molar-refractivity contribution in [2.75, 3.05) is 6.54 Å². The normalized spacial score (nSPS) is 10.6. The lowest BCUT2D eigenvalue weighted by atomic mass is 10.3. The van der Waals surface area contributed by atoms with E-state index in [1.807, 2.05) is 19.1 Å². The summed E-state index contributed by atoms with van der Waals surface area (Å²) in [7, 11) is 0. The van der Waals surface area contributed by atoms with Crippen LogP contribution in [0, 0.1) is 0 Å². The smallest absolute Gasteiger partial charge is 0.253 e. The minimum atomic E-state index is 0.265. The van der Waals surface area contributed by atoms with Crippen molar-refractivity contribution in [1.29, 1.82) is 0 Å². The molecule has 6 nitrogen and oxygen atoms in total. The maximum Gasteiger partial charge on any atom is 0.253 e. The van der Waals surface area contributed by atoms with Gasteiger partial charge in [-0.3, -0.25) is 4.98 Å². The third-order valence-electron chi connectivity index (χ3n) is 2.53. The first-order valence-electron chi connectivity index (χ1n) is 6.41. The van der Waals surface area contributed by atoms with Gasteiger partial charge >= 0.3 is 0 Å². The Morgan fingerprint density at radius 1 is 1.21 bits per heavy atom. The molecule has 0 radical (unpaired) electrons. The fourth-order valence-electron chi connectivity index (χ4n) is 1.49. The molecule has 0 atom stereocenters. The van der Waals surface area contributed by atoms with Gasteiger partial charge in [0.1, 0.15) is 5.75 Å². The summed E-state index contributed by atoms with van der Waals surface area (Å²) >= 11 is 0. The van der Waals surface area contributed by atoms with Gasteiger partial charge in [-0.05, 0) is 18.7 Å². The zero-order valence-corrected chi connectivity index (χ0v) is 11.2. The molecule has 19 heavy (non-hydrogen) atoms. The zero-order chi connectivity index (χ0) is 13.5. The molecule has 2 rings (SSSR count). The summed E-state index contributed by atoms with van der Waals surface area (Å²) in [5.41, 5.74) is 0.986. The van der Waals surface area contributed by atoms with E-state index in [9.17, 15) is 0 Å². The van der Waals surface area contributed by atoms with Gasteiger partial charge in [0, 0.05) is 13.0 Å². The van der Waals surface area contributed by atoms with E-state index in [4.69, 9.17) is 9.15 Å². The molecule has 0 amide bonds. The van der Waals surface area contributed by atoms with Crippen molar-refractivity contribution in [2.45, 2.75) is 33.4 Å². The summed E-state index contributed by atoms with van der Waals surface area (Å²) in [4.78, 5) is 4.30. The average molecular weight is 262 g/mol. The van der Waals surface area contributed by atoms with Crippen LogP contribution in [0.2, 0.25) is 0 Å². The molecule has 0 aliphatic rings. The molecule has 0 bridgehead atoms. The molecule has 0 aliphatic carbocycles. The lowest BCUT2D eigenvalue weighted by molar-refractivity contribution is 0.258. The number of aromatic nitrogens is 3. The number of pyridine rings is 1. The Hall–Kier alpha value is -1.95. The quantitative estimate of drug-likeness (QED) is 0.819. The predicted molar refractivity (Wildman–Crippen MR) is 69.6 cm³/mol. The Labute approximate surface area is 112 Å². The minimum absolute atomic E-state index is 0.265. The van der Waals surface area contributed by atoms with E-state index >= 15 is 0 Å². The maximum absolute atomic E-state index is 5.53. The average Bonchev–Trinajstić information content (AvgIpc) is 2.92. The molecule has 0 fully saturated rings. The topological polar surface area (TPSA) is 73.1 Å². The summed E-state index contributed by atoms with van der Waals surface area (Å²) in [6, 6.07) is 3.82. The number of rotatable bonds is 7. The van der Waals surface area contributed by atoms with E-state index in [-0.39, 0.29) is 6.61 Å². The van der Waals surface area contributed by atoms with Gasteiger partial charge in [0.25, 0.3) is 5.89 Å². The van der Waals surface area contributed by atoms with Crippen LogP contribution in [0.4, 0.5) is 0 Å². The van der Waals surface area contributed by atoms with E-state index in [0.29, 0.717) is 17.5 Å². The number of aryl methyl sites for hydroxylation is 1. The monoisotopic (exact) mass is 262 g/mol. The van der Waals surface area contributed by atoms with Crippen molar-refractivity contribution in [2.24, 2.45) is 0 Å². The van der Waals surface area contributed by atoms with Gasteiger partial charge in [-0.25, -0.2) is 0 Å². The van der Waals surface area contributed by atoms with Crippen LogP contribution in [0.5, 0.6) is 5.75 Å². The van der Waals surface area contributed by atoms with Gasteiger partial charge in [0.15, 0.2) is 6.61 Å². The summed E-state index contributed by atoms with van der Waals surface area (Å²) < 4.78 is 10.9. The van der Waals surface area contributed by atoms with Gasteiger partial charge < -0.3 is 14.5 Å². The minimum Gasteiger partial charge on any atom is -0.482 e. The van der Waals surface area contributed by atoms with Crippen LogP contribution in [0.3, 0.4) is 0 Å². The molecule has 0 saturated carbocycles. The van der Waals surface area contributed by atoms with Gasteiger partial charge in [-0.1, -0.05) is 13.8 Å². The summed E-state index contributed by atoms with van der Waals surface area (Å²) in [6.45, 7) is 5.98. The second-order valence-corrected chi connectivity index (χ2v) is 4.00. The van der Waals surface area contributed by atoms with Crippen LogP contribution in [0.15, 0.2) is 22.7 Å². The van der Waals surface area contributed by atoms with E-state index < -0.39 is 0 Å². The molecule has 0 saturated heterocycles. The van der Waals surface area contributed by atoms with Crippen molar-refractivity contribution in [3.8, 4) is 5.75 Å². The van der Waals surface area contributed by atoms with Crippen molar-refractivity contribution in [1.82, 2.24) is 20.5 Å². The Morgan fingerprint density at radius 3 is 2.68 bits per heavy atom. The van der Waals surface area contributed by atoms with E-state index in [0.717, 1.165) is 25.2 Å². The van der Waals surface area contributed by atoms with Gasteiger partial charge in [-0.2, -0.15) is 0 Å². The van der Waals surface area contributed by atoms with Crippen molar-refractivity contribution in [3.05, 3.63) is 35.8 Å². The Morgan fingerprint density at radius 2 is 2.05 bits per heavy atom. The molecule has 2 aromatic heterocycles. The van der Waals surface area contributed by atoms with Gasteiger partial charge in [-0.15, -0.1) is 10.2 Å². The number of nitrogens with one attached hydrogen (secondary N) is 1. The van der Waals surface area contributed by atoms with Crippen LogP contribution >= 0.6 is 0 Å². The molecule has 1 N–H and O–H groups in total. The first-order valence-corrected chi connectivity index (χ1v) is 6.41. The fourth-order valence-corrected chi connectivity index (χ4v) is 1.49. The molecule has 2 aromatic rings. The molecule has 6 heteroatoms. The third-order valence-corrected chi connectivity index (χ3v) is 2.53. The van der Waals surface area contributed by atoms with E-state index in [1.165, 1.54) is 0 Å². The predicted octanol–water partition coefficient (Wildman–Crippen LogP) is 1.72. The van der Waals surface area contributed by atoms with Gasteiger partial charge in [0.05, 0.1) is 11.9 Å². The van der Waals surface area contributed by atoms with Crippen LogP contribution < -0.4 is 10.1 Å². The second-order valence-electron chi connectivity index (χ2n) is 4.00. The molecule has 2 heterocycles. The largest absolute Gasteiger partial charge is 0.482 e. The van der Waals surface area contributed by atoms with Crippen LogP contribution in [0.25, 0.3) is 0 Å². The highest BCUT2D eigenvalue weighted by Gasteiger charge is 2.05. The van der Waals surface area contributed by atoms with Crippen molar-refractivity contribution in [3.63, 3.8) is 0 Å². The Kier molecular flexibility index (Phi) is 4.85. The van der Waals surface area contributed by atoms with E-state index in [2.05, 4.69) is 27.4 Å². The van der Waals surface area contributed by atoms with Gasteiger partial charge in [0.2, 0.25) is 5.89 Å². The maximum atomic E-state index is 5.53. The lowest BCUT2D eigenvalue weighted by Gasteiger charge is -2.04. The van der Waals surface area contributed by atoms with E-state index in [1.54, 1.807) is 6.20 Å². The first-order chi connectivity index (χ1) is 9.31. The summed E-state index contributed by atoms with van der Waals surface area (Å²) in [6.07, 6.45) is 2.43. The Balaban J connectivity index is 1.85. The second kappa shape index (κ2) is 6.84. The fraction of sp³-hybridized carbons (Fsp3) is 0.462. The molecule has 102 valence electrons. The molecule has 0 spiro atoms. The number of nitrogens with zero attached hydrogens (tertiary/aromatic N) is 3. The highest BCUT2D eigenvalue weighted by Crippen LogP contribution is 2.11. The number of ether oxygens (including phenoxy) is 1. The summed E-state index contributed by atoms with van der Waals surface area (Å²) in [5.74, 6) is 1.79. The Bertz CT molecular complexity index is 496. The molecule has 0 unspecified atom stereocenters. The third kappa shape index (κ3) is 4.03. The first kappa shape index (κ1) is 13.5. The van der Waals surface area contributed by atoms with Crippen molar-refractivity contribution >= 4 is 0 Å². The molecule has 0 aromatic carbocycles. The van der Waals surface area contributed by atoms with Crippen LogP contribution in [0.1, 0.15) is 31.3 Å². The molecule has 0 aliphatic heterocycles. The molecular formula is C13H18N4O2. The number of hydrogen-bond acceptors (Lipinski definition) is 6. The zero-order valence-electron chi connectivity index (χ0n) is 11.2. The SMILES string of the molecule is CCNCc1ccc(OCc2nnc(CC)o2)cn1. The van der Waals surface area contributed by atoms with Crippen LogP contribution in [-0.2, 0) is 19.6 Å². The van der Waals surface area contributed by atoms with Crippen molar-refractivity contribution < 1.29 is 9.15 Å². The number of hydrogen-bond donors (Lipinski definition) is 1. The molecular weight excluding hydrogens is 244 g/mol. The summed E-state index contributed by atoms with van der Waals surface area (Å²) in [5, 5.41) is 11.0. The highest BCUT2D eigenvalue weighted by molar-refractivity contribution is 5.19. The highest BCUT2D eigenvalue weighted by atomic mass is 16.5. The standard InChI is InChI=1S/C13H18N4O2/c1-3-12-16-17-13(19-12)9-18-11-6-5-10(15-8-11)7-14-4-2/h5-6,8,14H,3-4,7,9H2,1-2H3. The van der Waals surface area contributed by atoms with Crippen LogP contribution in [-0.4, -0.2) is 21.7 Å².